The molecular formula is C60H39N5. The van der Waals surface area contributed by atoms with Crippen LogP contribution in [-0.4, -0.2) is 24.5 Å². The first-order valence-electron chi connectivity index (χ1n) is 21.9. The van der Waals surface area contributed by atoms with Gasteiger partial charge in [0.25, 0.3) is 0 Å². The van der Waals surface area contributed by atoms with Crippen molar-refractivity contribution in [3.63, 3.8) is 0 Å². The summed E-state index contributed by atoms with van der Waals surface area (Å²) in [7, 11) is 0. The molecule has 12 rings (SSSR count). The molecule has 0 spiro atoms. The molecule has 5 heteroatoms. The van der Waals surface area contributed by atoms with E-state index in [-0.39, 0.29) is 0 Å². The average molecular weight is 830 g/mol. The van der Waals surface area contributed by atoms with Gasteiger partial charge in [-0.1, -0.05) is 200 Å². The van der Waals surface area contributed by atoms with Gasteiger partial charge in [-0.25, -0.2) is 19.9 Å². The van der Waals surface area contributed by atoms with Gasteiger partial charge in [-0.2, -0.15) is 0 Å². The Labute approximate surface area is 376 Å². The van der Waals surface area contributed by atoms with Crippen LogP contribution in [0.2, 0.25) is 0 Å². The predicted octanol–water partition coefficient (Wildman–Crippen LogP) is 15.2. The fourth-order valence-electron chi connectivity index (χ4n) is 9.01. The summed E-state index contributed by atoms with van der Waals surface area (Å²) in [6.07, 6.45) is 0. The number of hydrogen-bond acceptors (Lipinski definition) is 4. The standard InChI is InChI=1S/C60H39N5/c1-5-16-40(17-6-1)47-22-15-23-48(38-47)54-39-53(43-18-7-2-8-19-43)62-59(63-54)45-34-30-42(31-35-45)41-28-32-44(33-29-41)57-56-51(50-26-13-14-27-52(50)61-57)36-37-55-58(56)64-60(46-20-9-3-10-21-46)65(55)49-24-11-4-12-25-49/h1-39H. The largest absolute Gasteiger partial charge is 0.292 e. The van der Waals surface area contributed by atoms with E-state index in [4.69, 9.17) is 19.9 Å². The summed E-state index contributed by atoms with van der Waals surface area (Å²) in [5.41, 5.74) is 16.3. The number of hydrogen-bond donors (Lipinski definition) is 0. The number of rotatable bonds is 8. The molecule has 0 amide bonds. The fourth-order valence-corrected chi connectivity index (χ4v) is 9.01. The number of imidazole rings is 1. The van der Waals surface area contributed by atoms with Crippen LogP contribution < -0.4 is 0 Å². The van der Waals surface area contributed by atoms with Crippen molar-refractivity contribution in [3.8, 4) is 84.5 Å². The smallest absolute Gasteiger partial charge is 0.160 e. The quantitative estimate of drug-likeness (QED) is 0.143. The lowest BCUT2D eigenvalue weighted by Crippen LogP contribution is -1.97. The molecule has 5 nitrogen and oxygen atoms in total. The minimum atomic E-state index is 0.680. The van der Waals surface area contributed by atoms with Gasteiger partial charge in [-0.15, -0.1) is 0 Å². The lowest BCUT2D eigenvalue weighted by Gasteiger charge is -2.13. The van der Waals surface area contributed by atoms with Gasteiger partial charge in [0.2, 0.25) is 0 Å². The maximum absolute atomic E-state index is 5.45. The molecule has 65 heavy (non-hydrogen) atoms. The predicted molar refractivity (Wildman–Crippen MR) is 268 cm³/mol. The summed E-state index contributed by atoms with van der Waals surface area (Å²) in [6.45, 7) is 0. The highest BCUT2D eigenvalue weighted by molar-refractivity contribution is 6.20. The van der Waals surface area contributed by atoms with Crippen molar-refractivity contribution in [2.24, 2.45) is 0 Å². The third-order valence-corrected chi connectivity index (χ3v) is 12.2. The summed E-state index contributed by atoms with van der Waals surface area (Å²) >= 11 is 0. The minimum Gasteiger partial charge on any atom is -0.292 e. The molecule has 0 aliphatic heterocycles. The first-order chi connectivity index (χ1) is 32.2. The maximum Gasteiger partial charge on any atom is 0.160 e. The van der Waals surface area contributed by atoms with Gasteiger partial charge < -0.3 is 0 Å². The molecule has 3 aromatic heterocycles. The molecular weight excluding hydrogens is 791 g/mol. The van der Waals surface area contributed by atoms with E-state index in [9.17, 15) is 0 Å². The van der Waals surface area contributed by atoms with E-state index in [1.165, 1.54) is 5.56 Å². The van der Waals surface area contributed by atoms with Crippen LogP contribution in [0, 0.1) is 0 Å². The number of aromatic nitrogens is 5. The second-order valence-corrected chi connectivity index (χ2v) is 16.2. The molecule has 0 N–H and O–H groups in total. The number of nitrogens with zero attached hydrogens (tertiary/aromatic N) is 5. The Morgan fingerprint density at radius 3 is 1.52 bits per heavy atom. The van der Waals surface area contributed by atoms with Crippen molar-refractivity contribution in [3.05, 3.63) is 237 Å². The Bertz CT molecular complexity index is 3660. The molecule has 0 bridgehead atoms. The van der Waals surface area contributed by atoms with Gasteiger partial charge in [0.1, 0.15) is 5.82 Å². The Kier molecular flexibility index (Phi) is 9.42. The Morgan fingerprint density at radius 1 is 0.308 bits per heavy atom. The second-order valence-electron chi connectivity index (χ2n) is 16.2. The molecule has 0 aliphatic carbocycles. The van der Waals surface area contributed by atoms with Gasteiger partial charge in [-0.05, 0) is 64.0 Å². The van der Waals surface area contributed by atoms with Crippen LogP contribution in [0.3, 0.4) is 0 Å². The number of para-hydroxylation sites is 2. The van der Waals surface area contributed by atoms with E-state index >= 15 is 0 Å². The number of pyridine rings is 1. The lowest BCUT2D eigenvalue weighted by molar-refractivity contribution is 1.10. The zero-order valence-corrected chi connectivity index (χ0v) is 35.3. The van der Waals surface area contributed by atoms with E-state index in [2.05, 4.69) is 211 Å². The van der Waals surface area contributed by atoms with Crippen molar-refractivity contribution in [1.29, 1.82) is 0 Å². The molecule has 0 saturated heterocycles. The molecule has 0 aliphatic rings. The zero-order valence-electron chi connectivity index (χ0n) is 35.3. The third kappa shape index (κ3) is 7.02. The molecule has 12 aromatic rings. The highest BCUT2D eigenvalue weighted by atomic mass is 15.1. The van der Waals surface area contributed by atoms with Gasteiger partial charge in [0.05, 0.1) is 33.6 Å². The molecule has 0 saturated carbocycles. The van der Waals surface area contributed by atoms with E-state index in [1.807, 2.05) is 30.3 Å². The number of benzene rings is 9. The van der Waals surface area contributed by atoms with Crippen LogP contribution in [0.5, 0.6) is 0 Å². The normalized spacial score (nSPS) is 11.4. The zero-order chi connectivity index (χ0) is 43.1. The van der Waals surface area contributed by atoms with E-state index < -0.39 is 0 Å². The average Bonchev–Trinajstić information content (AvgIpc) is 3.80. The molecule has 0 atom stereocenters. The molecule has 0 radical (unpaired) electrons. The van der Waals surface area contributed by atoms with Gasteiger partial charge in [-0.3, -0.25) is 4.57 Å². The van der Waals surface area contributed by atoms with E-state index in [0.29, 0.717) is 5.82 Å². The molecule has 0 unspecified atom stereocenters. The van der Waals surface area contributed by atoms with E-state index in [0.717, 1.165) is 106 Å². The van der Waals surface area contributed by atoms with Crippen LogP contribution >= 0.6 is 0 Å². The molecule has 0 fully saturated rings. The summed E-state index contributed by atoms with van der Waals surface area (Å²) in [6, 6.07) is 82.5. The Hall–Kier alpha value is -8.80. The maximum atomic E-state index is 5.45. The van der Waals surface area contributed by atoms with Crippen molar-refractivity contribution in [1.82, 2.24) is 24.5 Å². The van der Waals surface area contributed by atoms with Crippen molar-refractivity contribution >= 4 is 32.7 Å². The van der Waals surface area contributed by atoms with Crippen LogP contribution in [0.1, 0.15) is 0 Å². The van der Waals surface area contributed by atoms with Crippen LogP contribution in [0.25, 0.3) is 117 Å². The van der Waals surface area contributed by atoms with Crippen molar-refractivity contribution < 1.29 is 0 Å². The molecule has 9 aromatic carbocycles. The monoisotopic (exact) mass is 829 g/mol. The highest BCUT2D eigenvalue weighted by Gasteiger charge is 2.21. The minimum absolute atomic E-state index is 0.680. The summed E-state index contributed by atoms with van der Waals surface area (Å²) in [5, 5.41) is 3.27. The fraction of sp³-hybridized carbons (Fsp3) is 0. The highest BCUT2D eigenvalue weighted by Crippen LogP contribution is 2.40. The van der Waals surface area contributed by atoms with Crippen molar-refractivity contribution in [2.75, 3.05) is 0 Å². The van der Waals surface area contributed by atoms with E-state index in [1.54, 1.807) is 0 Å². The van der Waals surface area contributed by atoms with Crippen LogP contribution in [-0.2, 0) is 0 Å². The van der Waals surface area contributed by atoms with Gasteiger partial charge in [0, 0.05) is 44.3 Å². The third-order valence-electron chi connectivity index (χ3n) is 12.2. The van der Waals surface area contributed by atoms with Gasteiger partial charge >= 0.3 is 0 Å². The summed E-state index contributed by atoms with van der Waals surface area (Å²) in [4.78, 5) is 21.1. The Balaban J connectivity index is 0.936. The first-order valence-corrected chi connectivity index (χ1v) is 21.9. The van der Waals surface area contributed by atoms with Crippen LogP contribution in [0.15, 0.2) is 237 Å². The molecule has 3 heterocycles. The SMILES string of the molecule is c1ccc(-c2cccc(-c3cc(-c4ccccc4)nc(-c4ccc(-c5ccc(-c6nc7ccccc7c7ccc8c(nc(-c9ccccc9)n8-c8ccccc8)c67)cc5)cc4)n3)c2)cc1. The summed E-state index contributed by atoms with van der Waals surface area (Å²) < 4.78 is 2.27. The number of fused-ring (bicyclic) bond motifs is 5. The lowest BCUT2D eigenvalue weighted by atomic mass is 9.96. The topological polar surface area (TPSA) is 56.5 Å². The second kappa shape index (κ2) is 16.2. The first kappa shape index (κ1) is 37.9. The van der Waals surface area contributed by atoms with Gasteiger partial charge in [0.15, 0.2) is 5.82 Å². The summed E-state index contributed by atoms with van der Waals surface area (Å²) in [5.74, 6) is 1.57. The van der Waals surface area contributed by atoms with Crippen molar-refractivity contribution in [2.45, 2.75) is 0 Å². The van der Waals surface area contributed by atoms with Crippen LogP contribution in [0.4, 0.5) is 0 Å². The Morgan fingerprint density at radius 2 is 0.831 bits per heavy atom. The molecule has 304 valence electrons.